The van der Waals surface area contributed by atoms with E-state index >= 15 is 0 Å². The summed E-state index contributed by atoms with van der Waals surface area (Å²) in [5.41, 5.74) is 0.561. The standard InChI is InChI=1S/C16H38O5Si4.C4H6O2/c1-15(16(17)18)13-11-12-14-25(19-22(2,3)4,20-23(5,6)7)21-24(8,9)10;1-3(2)4(5)6/h13H,11-12,14H2,1-10H3,(H,17,18);1H2,2H3,(H,5,6). The minimum atomic E-state index is -2.79. The minimum absolute atomic E-state index is 0.176. The van der Waals surface area contributed by atoms with Crippen molar-refractivity contribution in [3.05, 3.63) is 23.8 Å². The molecule has 0 saturated carbocycles. The van der Waals surface area contributed by atoms with E-state index in [2.05, 4.69) is 65.5 Å². The number of unbranched alkanes of at least 4 members (excludes halogenated alkanes) is 1. The van der Waals surface area contributed by atoms with Gasteiger partial charge in [-0.2, -0.15) is 0 Å². The zero-order chi connectivity index (χ0) is 25.3. The molecule has 7 nitrogen and oxygen atoms in total. The van der Waals surface area contributed by atoms with Crippen LogP contribution in [-0.4, -0.2) is 55.9 Å². The van der Waals surface area contributed by atoms with Crippen molar-refractivity contribution in [1.82, 2.24) is 0 Å². The Morgan fingerprint density at radius 1 is 0.774 bits per heavy atom. The molecular weight excluding hydrogens is 465 g/mol. The van der Waals surface area contributed by atoms with E-state index in [1.54, 1.807) is 13.0 Å². The summed E-state index contributed by atoms with van der Waals surface area (Å²) in [6.45, 7) is 25.8. The van der Waals surface area contributed by atoms with Gasteiger partial charge in [-0.15, -0.1) is 0 Å². The van der Waals surface area contributed by atoms with Gasteiger partial charge in [-0.1, -0.05) is 12.7 Å². The predicted octanol–water partition coefficient (Wildman–Crippen LogP) is 5.94. The highest BCUT2D eigenvalue weighted by atomic mass is 28.5. The average Bonchev–Trinajstić information content (AvgIpc) is 2.46. The van der Waals surface area contributed by atoms with E-state index in [1.165, 1.54) is 6.92 Å². The summed E-state index contributed by atoms with van der Waals surface area (Å²) in [5, 5.41) is 16.9. The summed E-state index contributed by atoms with van der Waals surface area (Å²) in [7, 11) is -8.33. The molecular formula is C20H44O7Si4. The number of carbonyl (C=O) groups is 2. The Morgan fingerprint density at radius 2 is 1.10 bits per heavy atom. The molecule has 0 saturated heterocycles. The monoisotopic (exact) mass is 508 g/mol. The topological polar surface area (TPSA) is 102 Å². The fourth-order valence-electron chi connectivity index (χ4n) is 2.34. The fraction of sp³-hybridized carbons (Fsp3) is 0.700. The van der Waals surface area contributed by atoms with Crippen molar-refractivity contribution >= 4 is 45.7 Å². The van der Waals surface area contributed by atoms with E-state index in [-0.39, 0.29) is 5.57 Å². The second kappa shape index (κ2) is 13.0. The maximum atomic E-state index is 10.9. The largest absolute Gasteiger partial charge is 0.478 e. The Balaban J connectivity index is 0. The van der Waals surface area contributed by atoms with Gasteiger partial charge in [0.15, 0.2) is 25.0 Å². The molecule has 182 valence electrons. The van der Waals surface area contributed by atoms with Crippen LogP contribution < -0.4 is 0 Å². The maximum absolute atomic E-state index is 10.9. The molecule has 31 heavy (non-hydrogen) atoms. The number of rotatable bonds is 12. The lowest BCUT2D eigenvalue weighted by atomic mass is 10.2. The van der Waals surface area contributed by atoms with Gasteiger partial charge < -0.3 is 22.6 Å². The number of allylic oxidation sites excluding steroid dienone is 1. The fourth-order valence-corrected chi connectivity index (χ4v) is 17.0. The van der Waals surface area contributed by atoms with Crippen LogP contribution in [0, 0.1) is 0 Å². The van der Waals surface area contributed by atoms with Gasteiger partial charge in [0.25, 0.3) is 0 Å². The van der Waals surface area contributed by atoms with Crippen LogP contribution in [0.25, 0.3) is 0 Å². The van der Waals surface area contributed by atoms with Crippen LogP contribution in [0.2, 0.25) is 65.0 Å². The molecule has 0 radical (unpaired) electrons. The molecule has 0 atom stereocenters. The summed E-state index contributed by atoms with van der Waals surface area (Å²) in [4.78, 5) is 20.5. The summed E-state index contributed by atoms with van der Waals surface area (Å²) < 4.78 is 19.8. The minimum Gasteiger partial charge on any atom is -0.478 e. The third-order valence-electron chi connectivity index (χ3n) is 3.23. The maximum Gasteiger partial charge on any atom is 0.469 e. The molecule has 0 spiro atoms. The molecule has 0 aromatic carbocycles. The number of hydrogen-bond acceptors (Lipinski definition) is 5. The summed E-state index contributed by atoms with van der Waals surface area (Å²) in [6.07, 6.45) is 3.29. The van der Waals surface area contributed by atoms with Crippen molar-refractivity contribution in [2.75, 3.05) is 0 Å². The predicted molar refractivity (Wildman–Crippen MR) is 137 cm³/mol. The first kappa shape index (κ1) is 32.3. The van der Waals surface area contributed by atoms with Crippen molar-refractivity contribution in [1.29, 1.82) is 0 Å². The van der Waals surface area contributed by atoms with Crippen LogP contribution in [0.15, 0.2) is 23.8 Å². The summed E-state index contributed by atoms with van der Waals surface area (Å²) in [6, 6.07) is 0.745. The zero-order valence-corrected chi connectivity index (χ0v) is 25.3. The molecule has 0 aliphatic heterocycles. The van der Waals surface area contributed by atoms with Gasteiger partial charge in [0.1, 0.15) is 0 Å². The van der Waals surface area contributed by atoms with E-state index in [1.807, 2.05) is 0 Å². The van der Waals surface area contributed by atoms with Crippen molar-refractivity contribution in [3.63, 3.8) is 0 Å². The molecule has 2 N–H and O–H groups in total. The smallest absolute Gasteiger partial charge is 0.469 e. The van der Waals surface area contributed by atoms with Crippen molar-refractivity contribution in [3.8, 4) is 0 Å². The van der Waals surface area contributed by atoms with Crippen LogP contribution in [-0.2, 0) is 21.9 Å². The van der Waals surface area contributed by atoms with Crippen molar-refractivity contribution in [2.45, 2.75) is 91.7 Å². The van der Waals surface area contributed by atoms with Crippen LogP contribution in [0.1, 0.15) is 26.7 Å². The first-order valence-electron chi connectivity index (χ1n) is 10.5. The van der Waals surface area contributed by atoms with Crippen LogP contribution >= 0.6 is 0 Å². The van der Waals surface area contributed by atoms with Crippen LogP contribution in [0.4, 0.5) is 0 Å². The van der Waals surface area contributed by atoms with Gasteiger partial charge in [0, 0.05) is 17.2 Å². The average molecular weight is 509 g/mol. The SMILES string of the molecule is C=C(C)C(=O)O.CC(=CCCC[Si](O[Si](C)(C)C)(O[Si](C)(C)C)O[Si](C)(C)C)C(=O)O. The molecule has 0 bridgehead atoms. The third kappa shape index (κ3) is 19.6. The van der Waals surface area contributed by atoms with Gasteiger partial charge in [-0.05, 0) is 85.6 Å². The zero-order valence-electron chi connectivity index (χ0n) is 21.3. The van der Waals surface area contributed by atoms with Crippen LogP contribution in [0.3, 0.4) is 0 Å². The quantitative estimate of drug-likeness (QED) is 0.191. The Labute approximate surface area is 193 Å². The van der Waals surface area contributed by atoms with Crippen molar-refractivity contribution < 1.29 is 32.1 Å². The van der Waals surface area contributed by atoms with E-state index < -0.39 is 45.7 Å². The normalized spacial score (nSPS) is 13.3. The Hall–Kier alpha value is -0.832. The van der Waals surface area contributed by atoms with E-state index in [0.29, 0.717) is 12.0 Å². The van der Waals surface area contributed by atoms with Crippen molar-refractivity contribution in [2.24, 2.45) is 0 Å². The third-order valence-corrected chi connectivity index (χ3v) is 15.3. The highest BCUT2D eigenvalue weighted by Crippen LogP contribution is 2.30. The lowest BCUT2D eigenvalue weighted by Crippen LogP contribution is -2.60. The molecule has 0 amide bonds. The van der Waals surface area contributed by atoms with Crippen LogP contribution in [0.5, 0.6) is 0 Å². The molecule has 0 heterocycles. The molecule has 0 unspecified atom stereocenters. The molecule has 0 fully saturated rings. The van der Waals surface area contributed by atoms with Gasteiger partial charge in [0.2, 0.25) is 0 Å². The number of carboxylic acid groups (broad SMARTS) is 2. The van der Waals surface area contributed by atoms with Gasteiger partial charge in [0.05, 0.1) is 0 Å². The molecule has 0 rings (SSSR count). The summed E-state index contributed by atoms with van der Waals surface area (Å²) in [5.74, 6) is -1.80. The van der Waals surface area contributed by atoms with Gasteiger partial charge in [-0.3, -0.25) is 0 Å². The Kier molecular flexibility index (Phi) is 13.6. The highest BCUT2D eigenvalue weighted by Gasteiger charge is 2.49. The number of carboxylic acids is 2. The first-order valence-corrected chi connectivity index (χ1v) is 22.6. The van der Waals surface area contributed by atoms with Gasteiger partial charge >= 0.3 is 20.7 Å². The highest BCUT2D eigenvalue weighted by molar-refractivity contribution is 6.90. The summed E-state index contributed by atoms with van der Waals surface area (Å²) >= 11 is 0. The van der Waals surface area contributed by atoms with E-state index in [4.69, 9.17) is 22.6 Å². The Morgan fingerprint density at radius 3 is 1.32 bits per heavy atom. The number of aliphatic carboxylic acids is 2. The molecule has 0 aromatic heterocycles. The molecule has 0 aliphatic rings. The first-order chi connectivity index (χ1) is 13.6. The molecule has 0 aliphatic carbocycles. The second-order valence-electron chi connectivity index (χ2n) is 10.5. The lowest BCUT2D eigenvalue weighted by Gasteiger charge is -2.42. The van der Waals surface area contributed by atoms with E-state index in [0.717, 1.165) is 12.5 Å². The Bertz CT molecular complexity index is 589. The molecule has 11 heteroatoms. The van der Waals surface area contributed by atoms with Gasteiger partial charge in [-0.25, -0.2) is 9.59 Å². The molecule has 0 aromatic rings. The van der Waals surface area contributed by atoms with E-state index in [9.17, 15) is 9.59 Å². The second-order valence-corrected chi connectivity index (χ2v) is 27.5. The number of hydrogen-bond donors (Lipinski definition) is 2. The lowest BCUT2D eigenvalue weighted by molar-refractivity contribution is -0.133.